The zero-order valence-electron chi connectivity index (χ0n) is 27.0. The van der Waals surface area contributed by atoms with Gasteiger partial charge in [0.25, 0.3) is 0 Å². The summed E-state index contributed by atoms with van der Waals surface area (Å²) in [6, 6.07) is 0. The quantitative estimate of drug-likeness (QED) is 0.0357. The summed E-state index contributed by atoms with van der Waals surface area (Å²) in [5.41, 5.74) is 0. The van der Waals surface area contributed by atoms with Crippen molar-refractivity contribution in [3.05, 3.63) is 0 Å². The second kappa shape index (κ2) is 23.4. The van der Waals surface area contributed by atoms with E-state index in [0.717, 1.165) is 0 Å². The van der Waals surface area contributed by atoms with Gasteiger partial charge in [-0.1, -0.05) is 130 Å². The number of nitrogens with zero attached hydrogens (tertiary/aromatic N) is 1. The van der Waals surface area contributed by atoms with Crippen molar-refractivity contribution in [2.45, 2.75) is 182 Å². The minimum atomic E-state index is -10.7. The van der Waals surface area contributed by atoms with Crippen LogP contribution in [-0.4, -0.2) is 30.7 Å². The minimum absolute atomic E-state index is 1.37. The molecule has 0 fully saturated rings. The molecule has 0 atom stereocenters. The molecule has 0 saturated carbocycles. The number of quaternary nitrogens is 1. The molecular formula is C32H68F6NP. The standard InChI is InChI=1S/C32H68N.F6P/c1-5-9-13-17-21-25-29-33(30-26-22-18-14-10-6-2,31-27-23-19-15-11-7-3)32-28-24-20-16-12-8-4;1-7(2,3,4,5)6/h5-32H2,1-4H3;/q+1;-1. The van der Waals surface area contributed by atoms with Gasteiger partial charge in [0.1, 0.15) is 0 Å². The zero-order chi connectivity index (χ0) is 30.7. The first-order valence-electron chi connectivity index (χ1n) is 17.1. The molecule has 0 aromatic heterocycles. The molecule has 0 rings (SSSR count). The molecule has 0 aliphatic carbocycles. The Balaban J connectivity index is 0. The van der Waals surface area contributed by atoms with Gasteiger partial charge in [0.05, 0.1) is 26.2 Å². The van der Waals surface area contributed by atoms with Crippen LogP contribution >= 0.6 is 7.81 Å². The van der Waals surface area contributed by atoms with Crippen molar-refractivity contribution < 1.29 is 29.7 Å². The Morgan fingerprint density at radius 2 is 0.450 bits per heavy atom. The summed E-state index contributed by atoms with van der Waals surface area (Å²) >= 11 is 0. The van der Waals surface area contributed by atoms with Crippen molar-refractivity contribution in [3.8, 4) is 0 Å². The van der Waals surface area contributed by atoms with Crippen LogP contribution in [0.25, 0.3) is 0 Å². The molecule has 40 heavy (non-hydrogen) atoms. The molecule has 0 N–H and O–H groups in total. The van der Waals surface area contributed by atoms with E-state index in [2.05, 4.69) is 27.7 Å². The van der Waals surface area contributed by atoms with Gasteiger partial charge in [0.2, 0.25) is 0 Å². The zero-order valence-corrected chi connectivity index (χ0v) is 27.9. The number of halogens is 6. The van der Waals surface area contributed by atoms with Gasteiger partial charge < -0.3 is 4.48 Å². The summed E-state index contributed by atoms with van der Waals surface area (Å²) in [6.45, 7) is 15.3. The van der Waals surface area contributed by atoms with E-state index < -0.39 is 7.81 Å². The summed E-state index contributed by atoms with van der Waals surface area (Å²) in [4.78, 5) is 0. The average molecular weight is 612 g/mol. The molecule has 0 unspecified atom stereocenters. The van der Waals surface area contributed by atoms with E-state index in [1.54, 1.807) is 0 Å². The molecule has 0 aliphatic rings. The Kier molecular flexibility index (Phi) is 24.7. The molecule has 0 aliphatic heterocycles. The normalized spacial score (nSPS) is 13.9. The van der Waals surface area contributed by atoms with E-state index >= 15 is 0 Å². The van der Waals surface area contributed by atoms with Crippen molar-refractivity contribution in [1.82, 2.24) is 0 Å². The van der Waals surface area contributed by atoms with Gasteiger partial charge in [-0.05, 0) is 51.4 Å². The van der Waals surface area contributed by atoms with Gasteiger partial charge >= 0.3 is 33.0 Å². The van der Waals surface area contributed by atoms with Crippen LogP contribution in [-0.2, 0) is 0 Å². The van der Waals surface area contributed by atoms with E-state index in [1.165, 1.54) is 185 Å². The number of hydrogen-bond acceptors (Lipinski definition) is 0. The van der Waals surface area contributed by atoms with Crippen LogP contribution in [0.5, 0.6) is 0 Å². The van der Waals surface area contributed by atoms with Crippen LogP contribution in [0, 0.1) is 0 Å². The predicted molar refractivity (Wildman–Crippen MR) is 167 cm³/mol. The fraction of sp³-hybridized carbons (Fsp3) is 1.00. The van der Waals surface area contributed by atoms with Crippen LogP contribution in [0.2, 0.25) is 0 Å². The van der Waals surface area contributed by atoms with Crippen molar-refractivity contribution in [1.29, 1.82) is 0 Å². The van der Waals surface area contributed by atoms with Gasteiger partial charge in [-0.3, -0.25) is 0 Å². The second-order valence-corrected chi connectivity index (χ2v) is 14.2. The Morgan fingerprint density at radius 1 is 0.300 bits per heavy atom. The van der Waals surface area contributed by atoms with Crippen LogP contribution in [0.4, 0.5) is 25.2 Å². The number of hydrogen-bond donors (Lipinski definition) is 0. The average Bonchev–Trinajstić information content (AvgIpc) is 2.85. The van der Waals surface area contributed by atoms with Crippen molar-refractivity contribution in [3.63, 3.8) is 0 Å². The van der Waals surface area contributed by atoms with E-state index in [0.29, 0.717) is 0 Å². The van der Waals surface area contributed by atoms with Crippen molar-refractivity contribution in [2.75, 3.05) is 26.2 Å². The monoisotopic (exact) mass is 611 g/mol. The molecule has 0 aromatic rings. The van der Waals surface area contributed by atoms with Gasteiger partial charge in [-0.15, -0.1) is 0 Å². The maximum atomic E-state index is 9.87. The van der Waals surface area contributed by atoms with Crippen LogP contribution in [0.15, 0.2) is 0 Å². The first kappa shape index (κ1) is 42.1. The Hall–Kier alpha value is -0.0300. The summed E-state index contributed by atoms with van der Waals surface area (Å²) in [5, 5.41) is 0. The summed E-state index contributed by atoms with van der Waals surface area (Å²) in [7, 11) is -10.7. The van der Waals surface area contributed by atoms with Crippen molar-refractivity contribution >= 4 is 7.81 Å². The summed E-state index contributed by atoms with van der Waals surface area (Å²) in [6.07, 6.45) is 34.8. The fourth-order valence-corrected chi connectivity index (χ4v) is 5.58. The van der Waals surface area contributed by atoms with Gasteiger partial charge in [0, 0.05) is 0 Å². The van der Waals surface area contributed by atoms with Crippen LogP contribution in [0.3, 0.4) is 0 Å². The molecule has 248 valence electrons. The van der Waals surface area contributed by atoms with E-state index in [1.807, 2.05) is 0 Å². The molecule has 1 nitrogen and oxygen atoms in total. The maximum absolute atomic E-state index is 10.7. The fourth-order valence-electron chi connectivity index (χ4n) is 5.58. The first-order valence-corrected chi connectivity index (χ1v) is 19.1. The Labute approximate surface area is 245 Å². The third-order valence-corrected chi connectivity index (χ3v) is 7.94. The molecule has 0 saturated heterocycles. The molecule has 0 spiro atoms. The topological polar surface area (TPSA) is 0 Å². The van der Waals surface area contributed by atoms with Gasteiger partial charge in [0.15, 0.2) is 0 Å². The van der Waals surface area contributed by atoms with Gasteiger partial charge in [-0.25, -0.2) is 0 Å². The molecule has 0 heterocycles. The Morgan fingerprint density at radius 3 is 0.625 bits per heavy atom. The van der Waals surface area contributed by atoms with Crippen LogP contribution < -0.4 is 0 Å². The third-order valence-electron chi connectivity index (χ3n) is 7.94. The molecule has 0 radical (unpaired) electrons. The molecule has 0 aromatic carbocycles. The Bertz CT molecular complexity index is 457. The predicted octanol–water partition coefficient (Wildman–Crippen LogP) is 14.6. The third kappa shape index (κ3) is 40.1. The molecule has 8 heteroatoms. The number of unbranched alkanes of at least 4 members (excludes halogenated alkanes) is 20. The number of rotatable bonds is 28. The molecule has 0 bridgehead atoms. The van der Waals surface area contributed by atoms with Gasteiger partial charge in [-0.2, -0.15) is 0 Å². The van der Waals surface area contributed by atoms with E-state index in [9.17, 15) is 25.2 Å². The molecule has 0 amide bonds. The first-order chi connectivity index (χ1) is 18.7. The van der Waals surface area contributed by atoms with E-state index in [-0.39, 0.29) is 0 Å². The van der Waals surface area contributed by atoms with Crippen molar-refractivity contribution in [2.24, 2.45) is 0 Å². The summed E-state index contributed by atoms with van der Waals surface area (Å²) < 4.78 is 60.7. The SMILES string of the molecule is CCCCCCCC[N+](CCCCCCCC)(CCCCCCCC)CCCCCCCC.F[P-](F)(F)(F)(F)F. The summed E-state index contributed by atoms with van der Waals surface area (Å²) in [5.74, 6) is 0. The molecular weight excluding hydrogens is 543 g/mol. The second-order valence-electron chi connectivity index (χ2n) is 12.3. The van der Waals surface area contributed by atoms with Crippen LogP contribution in [0.1, 0.15) is 182 Å². The van der Waals surface area contributed by atoms with E-state index in [4.69, 9.17) is 0 Å².